The first kappa shape index (κ1) is 15.2. The van der Waals surface area contributed by atoms with Crippen LogP contribution in [-0.2, 0) is 0 Å². The Bertz CT molecular complexity index is 600. The van der Waals surface area contributed by atoms with Crippen LogP contribution in [0.15, 0.2) is 24.3 Å². The van der Waals surface area contributed by atoms with Gasteiger partial charge in [0, 0.05) is 12.0 Å². The Labute approximate surface area is 132 Å². The molecule has 2 saturated carbocycles. The van der Waals surface area contributed by atoms with Crippen LogP contribution in [0.2, 0.25) is 0 Å². The van der Waals surface area contributed by atoms with E-state index in [4.69, 9.17) is 4.74 Å². The van der Waals surface area contributed by atoms with Crippen molar-refractivity contribution in [3.05, 3.63) is 24.3 Å². The average molecular weight is 300 g/mol. The fourth-order valence-electron chi connectivity index (χ4n) is 3.85. The quantitative estimate of drug-likeness (QED) is 0.824. The van der Waals surface area contributed by atoms with Gasteiger partial charge in [0.15, 0.2) is 6.10 Å². The molecule has 0 aliphatic heterocycles. The van der Waals surface area contributed by atoms with Gasteiger partial charge < -0.3 is 14.9 Å². The zero-order valence-corrected chi connectivity index (χ0v) is 13.2. The molecule has 3 nitrogen and oxygen atoms in total. The van der Waals surface area contributed by atoms with Gasteiger partial charge in [0.2, 0.25) is 0 Å². The summed E-state index contributed by atoms with van der Waals surface area (Å²) in [6.07, 6.45) is 3.84. The van der Waals surface area contributed by atoms with Crippen LogP contribution in [0.4, 0.5) is 0 Å². The minimum atomic E-state index is -0.307. The Balaban J connectivity index is 1.66. The van der Waals surface area contributed by atoms with Crippen molar-refractivity contribution < 1.29 is 14.9 Å². The van der Waals surface area contributed by atoms with Crippen LogP contribution in [0.1, 0.15) is 39.5 Å². The van der Waals surface area contributed by atoms with Gasteiger partial charge in [-0.05, 0) is 56.1 Å². The fourth-order valence-corrected chi connectivity index (χ4v) is 3.85. The number of ether oxygens (including phenoxy) is 1. The normalized spacial score (nSPS) is 34.6. The summed E-state index contributed by atoms with van der Waals surface area (Å²) in [5, 5.41) is 19.7. The Kier molecular flexibility index (Phi) is 4.06. The van der Waals surface area contributed by atoms with E-state index in [0.29, 0.717) is 17.1 Å². The average Bonchev–Trinajstić information content (AvgIpc) is 2.46. The Morgan fingerprint density at radius 3 is 2.77 bits per heavy atom. The minimum Gasteiger partial charge on any atom is -0.508 e. The molecule has 2 fully saturated rings. The van der Waals surface area contributed by atoms with Crippen molar-refractivity contribution >= 4 is 0 Å². The lowest BCUT2D eigenvalue weighted by molar-refractivity contribution is -0.0801. The number of hydrogen-bond acceptors (Lipinski definition) is 3. The molecule has 3 rings (SSSR count). The summed E-state index contributed by atoms with van der Waals surface area (Å²) in [5.74, 6) is 7.81. The summed E-state index contributed by atoms with van der Waals surface area (Å²) in [6.45, 7) is 4.22. The number of aliphatic hydroxyl groups is 1. The van der Waals surface area contributed by atoms with Gasteiger partial charge in [-0.15, -0.1) is 0 Å². The van der Waals surface area contributed by atoms with Crippen LogP contribution in [0.3, 0.4) is 0 Å². The Morgan fingerprint density at radius 2 is 2.09 bits per heavy atom. The zero-order valence-electron chi connectivity index (χ0n) is 13.2. The number of benzene rings is 1. The second-order valence-corrected chi connectivity index (χ2v) is 6.98. The van der Waals surface area contributed by atoms with Gasteiger partial charge in [-0.3, -0.25) is 0 Å². The summed E-state index contributed by atoms with van der Waals surface area (Å²) in [7, 11) is 0. The third kappa shape index (κ3) is 2.94. The lowest BCUT2D eigenvalue weighted by Crippen LogP contribution is -2.50. The molecule has 2 N–H and O–H groups in total. The van der Waals surface area contributed by atoms with E-state index < -0.39 is 0 Å². The van der Waals surface area contributed by atoms with Crippen LogP contribution < -0.4 is 4.74 Å². The van der Waals surface area contributed by atoms with E-state index in [1.807, 2.05) is 6.92 Å². The Morgan fingerprint density at radius 1 is 1.32 bits per heavy atom. The SMILES string of the molecule is CC(C#CC1C(O)CCC2(C)CCC12)Oc1cccc(O)c1. The van der Waals surface area contributed by atoms with E-state index in [1.165, 1.54) is 12.8 Å². The molecule has 5 atom stereocenters. The van der Waals surface area contributed by atoms with E-state index in [0.717, 1.165) is 12.8 Å². The molecule has 0 saturated heterocycles. The third-order valence-electron chi connectivity index (χ3n) is 5.36. The van der Waals surface area contributed by atoms with Gasteiger partial charge in [0.25, 0.3) is 0 Å². The highest BCUT2D eigenvalue weighted by atomic mass is 16.5. The maximum absolute atomic E-state index is 10.3. The molecule has 0 heterocycles. The van der Waals surface area contributed by atoms with Gasteiger partial charge in [-0.25, -0.2) is 0 Å². The number of hydrogen-bond donors (Lipinski definition) is 2. The fraction of sp³-hybridized carbons (Fsp3) is 0.579. The van der Waals surface area contributed by atoms with Gasteiger partial charge in [0.05, 0.1) is 6.10 Å². The molecule has 1 aromatic carbocycles. The molecule has 118 valence electrons. The predicted octanol–water partition coefficient (Wildman–Crippen LogP) is 3.35. The molecule has 0 spiro atoms. The maximum atomic E-state index is 10.3. The van der Waals surface area contributed by atoms with Gasteiger partial charge >= 0.3 is 0 Å². The zero-order chi connectivity index (χ0) is 15.7. The molecule has 2 aliphatic rings. The standard InChI is InChI=1S/C19H24O3/c1-13(22-15-5-3-4-14(20)12-15)6-7-16-17-8-10-19(17,2)11-9-18(16)21/h3-5,12-13,16-18,20-21H,8-11H2,1-2H3. The van der Waals surface area contributed by atoms with E-state index in [2.05, 4.69) is 18.8 Å². The summed E-state index contributed by atoms with van der Waals surface area (Å²) in [4.78, 5) is 0. The highest BCUT2D eigenvalue weighted by molar-refractivity contribution is 5.32. The molecule has 5 unspecified atom stereocenters. The highest BCUT2D eigenvalue weighted by Crippen LogP contribution is 2.57. The molecular formula is C19H24O3. The van der Waals surface area contributed by atoms with Crippen molar-refractivity contribution in [1.29, 1.82) is 0 Å². The first-order chi connectivity index (χ1) is 10.5. The number of aromatic hydroxyl groups is 1. The van der Waals surface area contributed by atoms with Crippen LogP contribution in [0.25, 0.3) is 0 Å². The van der Waals surface area contributed by atoms with Crippen LogP contribution in [0, 0.1) is 29.1 Å². The lowest BCUT2D eigenvalue weighted by atomic mass is 9.51. The third-order valence-corrected chi connectivity index (χ3v) is 5.36. The van der Waals surface area contributed by atoms with Gasteiger partial charge in [-0.1, -0.05) is 24.8 Å². The monoisotopic (exact) mass is 300 g/mol. The minimum absolute atomic E-state index is 0.0720. The van der Waals surface area contributed by atoms with Crippen LogP contribution in [-0.4, -0.2) is 22.4 Å². The summed E-state index contributed by atoms with van der Waals surface area (Å²) >= 11 is 0. The van der Waals surface area contributed by atoms with Crippen LogP contribution in [0.5, 0.6) is 11.5 Å². The second kappa shape index (κ2) is 5.85. The smallest absolute Gasteiger partial charge is 0.156 e. The van der Waals surface area contributed by atoms with E-state index in [9.17, 15) is 10.2 Å². The van der Waals surface area contributed by atoms with Crippen molar-refractivity contribution in [3.8, 4) is 23.3 Å². The molecule has 1 aromatic rings. The van der Waals surface area contributed by atoms with Gasteiger partial charge in [-0.2, -0.15) is 0 Å². The number of phenols is 1. The maximum Gasteiger partial charge on any atom is 0.156 e. The first-order valence-corrected chi connectivity index (χ1v) is 8.13. The van der Waals surface area contributed by atoms with Crippen molar-refractivity contribution in [1.82, 2.24) is 0 Å². The highest BCUT2D eigenvalue weighted by Gasteiger charge is 2.51. The number of fused-ring (bicyclic) bond motifs is 1. The molecule has 0 radical (unpaired) electrons. The van der Waals surface area contributed by atoms with Crippen molar-refractivity contribution in [2.75, 3.05) is 0 Å². The molecular weight excluding hydrogens is 276 g/mol. The summed E-state index contributed by atoms with van der Waals surface area (Å²) in [5.41, 5.74) is 0.383. The predicted molar refractivity (Wildman–Crippen MR) is 85.5 cm³/mol. The van der Waals surface area contributed by atoms with Crippen molar-refractivity contribution in [2.24, 2.45) is 17.3 Å². The van der Waals surface area contributed by atoms with Crippen LogP contribution >= 0.6 is 0 Å². The lowest BCUT2D eigenvalue weighted by Gasteiger charge is -2.54. The van der Waals surface area contributed by atoms with Gasteiger partial charge in [0.1, 0.15) is 11.5 Å². The van der Waals surface area contributed by atoms with E-state index >= 15 is 0 Å². The Hall–Kier alpha value is -1.66. The van der Waals surface area contributed by atoms with E-state index in [1.54, 1.807) is 24.3 Å². The topological polar surface area (TPSA) is 49.7 Å². The molecule has 22 heavy (non-hydrogen) atoms. The van der Waals surface area contributed by atoms with Crippen molar-refractivity contribution in [3.63, 3.8) is 0 Å². The summed E-state index contributed by atoms with van der Waals surface area (Å²) < 4.78 is 5.71. The molecule has 0 aromatic heterocycles. The number of aliphatic hydroxyl groups excluding tert-OH is 1. The molecule has 2 aliphatic carbocycles. The molecule has 0 amide bonds. The first-order valence-electron chi connectivity index (χ1n) is 8.13. The molecule has 3 heteroatoms. The largest absolute Gasteiger partial charge is 0.508 e. The number of rotatable bonds is 2. The molecule has 0 bridgehead atoms. The van der Waals surface area contributed by atoms with Crippen molar-refractivity contribution in [2.45, 2.75) is 51.7 Å². The number of phenolic OH excluding ortho intramolecular Hbond substituents is 1. The van der Waals surface area contributed by atoms with E-state index in [-0.39, 0.29) is 23.9 Å². The second-order valence-electron chi connectivity index (χ2n) is 6.98. The summed E-state index contributed by atoms with van der Waals surface area (Å²) in [6, 6.07) is 6.74.